The zero-order chi connectivity index (χ0) is 14.5. The van der Waals surface area contributed by atoms with Crippen LogP contribution >= 0.6 is 11.3 Å². The lowest BCUT2D eigenvalue weighted by molar-refractivity contribution is 0.300. The van der Waals surface area contributed by atoms with Gasteiger partial charge in [-0.05, 0) is 43.5 Å². The van der Waals surface area contributed by atoms with Gasteiger partial charge in [0.1, 0.15) is 23.2 Å². The normalized spacial score (nSPS) is 12.4. The van der Waals surface area contributed by atoms with Gasteiger partial charge in [0.25, 0.3) is 0 Å². The van der Waals surface area contributed by atoms with Crippen molar-refractivity contribution < 1.29 is 9.13 Å². The molecule has 5 heteroatoms. The number of nitrogens with zero attached hydrogens (tertiary/aromatic N) is 1. The number of hydrogen-bond donors (Lipinski definition) is 1. The molecular formula is C15H19FN2OS. The van der Waals surface area contributed by atoms with Crippen LogP contribution in [0.1, 0.15) is 29.6 Å². The third-order valence-corrected chi connectivity index (χ3v) is 3.99. The molecule has 2 rings (SSSR count). The van der Waals surface area contributed by atoms with Gasteiger partial charge >= 0.3 is 0 Å². The predicted octanol–water partition coefficient (Wildman–Crippen LogP) is 3.45. The number of aromatic nitrogens is 1. The second-order valence-electron chi connectivity index (χ2n) is 4.80. The largest absolute Gasteiger partial charge is 0.486 e. The maximum Gasteiger partial charge on any atom is 0.140 e. The van der Waals surface area contributed by atoms with Crippen LogP contribution in [0.4, 0.5) is 4.39 Å². The first-order chi connectivity index (χ1) is 9.58. The Labute approximate surface area is 122 Å². The van der Waals surface area contributed by atoms with Gasteiger partial charge in [-0.1, -0.05) is 6.92 Å². The molecule has 1 aromatic heterocycles. The van der Waals surface area contributed by atoms with Crippen molar-refractivity contribution in [2.75, 3.05) is 0 Å². The second-order valence-corrected chi connectivity index (χ2v) is 5.74. The van der Waals surface area contributed by atoms with Crippen molar-refractivity contribution in [1.29, 1.82) is 0 Å². The summed E-state index contributed by atoms with van der Waals surface area (Å²) in [5.74, 6) is 0.420. The standard InChI is InChI=1S/C15H19FN2OS/c1-3-13(17)7-11-6-12(16)4-5-14(11)19-8-15-18-10(2)9-20-15/h4-6,9,13H,3,7-8,17H2,1-2H3. The summed E-state index contributed by atoms with van der Waals surface area (Å²) in [5, 5.41) is 2.90. The first-order valence-electron chi connectivity index (χ1n) is 6.66. The third kappa shape index (κ3) is 4.02. The minimum atomic E-state index is -0.263. The third-order valence-electron chi connectivity index (χ3n) is 3.05. The van der Waals surface area contributed by atoms with Crippen LogP contribution in [0.15, 0.2) is 23.6 Å². The van der Waals surface area contributed by atoms with Gasteiger partial charge in [0.05, 0.1) is 0 Å². The number of ether oxygens (including phenoxy) is 1. The molecule has 0 saturated heterocycles. The minimum absolute atomic E-state index is 0.0151. The van der Waals surface area contributed by atoms with E-state index < -0.39 is 0 Å². The smallest absolute Gasteiger partial charge is 0.140 e. The molecule has 1 atom stereocenters. The number of halogens is 1. The van der Waals surface area contributed by atoms with Crippen LogP contribution in [0.3, 0.4) is 0 Å². The van der Waals surface area contributed by atoms with Crippen LogP contribution in [0, 0.1) is 12.7 Å². The Hall–Kier alpha value is -1.46. The van der Waals surface area contributed by atoms with Gasteiger partial charge in [-0.25, -0.2) is 9.37 Å². The highest BCUT2D eigenvalue weighted by Gasteiger charge is 2.10. The monoisotopic (exact) mass is 294 g/mol. The summed E-state index contributed by atoms with van der Waals surface area (Å²) in [7, 11) is 0. The van der Waals surface area contributed by atoms with E-state index in [9.17, 15) is 4.39 Å². The predicted molar refractivity (Wildman–Crippen MR) is 79.6 cm³/mol. The van der Waals surface area contributed by atoms with Crippen molar-refractivity contribution in [3.05, 3.63) is 45.7 Å². The van der Waals surface area contributed by atoms with Crippen molar-refractivity contribution in [3.8, 4) is 5.75 Å². The molecule has 108 valence electrons. The van der Waals surface area contributed by atoms with E-state index in [1.807, 2.05) is 19.2 Å². The highest BCUT2D eigenvalue weighted by atomic mass is 32.1. The number of benzene rings is 1. The summed E-state index contributed by atoms with van der Waals surface area (Å²) >= 11 is 1.56. The molecule has 1 aromatic carbocycles. The van der Waals surface area contributed by atoms with Gasteiger partial charge in [-0.3, -0.25) is 0 Å². The molecule has 0 radical (unpaired) electrons. The first-order valence-corrected chi connectivity index (χ1v) is 7.54. The molecule has 3 nitrogen and oxygen atoms in total. The zero-order valence-corrected chi connectivity index (χ0v) is 12.5. The van der Waals surface area contributed by atoms with E-state index in [1.165, 1.54) is 12.1 Å². The van der Waals surface area contributed by atoms with E-state index in [4.69, 9.17) is 10.5 Å². The molecule has 0 aliphatic carbocycles. The molecule has 0 amide bonds. The highest BCUT2D eigenvalue weighted by Crippen LogP contribution is 2.23. The summed E-state index contributed by atoms with van der Waals surface area (Å²) in [5.41, 5.74) is 7.75. The van der Waals surface area contributed by atoms with E-state index >= 15 is 0 Å². The second kappa shape index (κ2) is 6.81. The Bertz CT molecular complexity index is 571. The summed E-state index contributed by atoms with van der Waals surface area (Å²) in [4.78, 5) is 4.34. The Morgan fingerprint density at radius 3 is 2.90 bits per heavy atom. The Kier molecular flexibility index (Phi) is 5.09. The number of rotatable bonds is 6. The number of nitrogens with two attached hydrogens (primary N) is 1. The average Bonchev–Trinajstić information content (AvgIpc) is 2.83. The molecule has 2 N–H and O–H groups in total. The minimum Gasteiger partial charge on any atom is -0.486 e. The summed E-state index contributed by atoms with van der Waals surface area (Å²) in [6.45, 7) is 4.37. The fraction of sp³-hybridized carbons (Fsp3) is 0.400. The molecule has 0 bridgehead atoms. The van der Waals surface area contributed by atoms with Gasteiger partial charge in [-0.15, -0.1) is 11.3 Å². The van der Waals surface area contributed by atoms with Gasteiger partial charge in [0.15, 0.2) is 0 Å². The van der Waals surface area contributed by atoms with Gasteiger partial charge < -0.3 is 10.5 Å². The first kappa shape index (κ1) is 14.9. The summed E-state index contributed by atoms with van der Waals surface area (Å²) in [6, 6.07) is 4.58. The molecule has 20 heavy (non-hydrogen) atoms. The molecule has 0 aliphatic heterocycles. The van der Waals surface area contributed by atoms with Crippen molar-refractivity contribution in [3.63, 3.8) is 0 Å². The van der Waals surface area contributed by atoms with E-state index in [0.29, 0.717) is 18.8 Å². The average molecular weight is 294 g/mol. The molecule has 1 unspecified atom stereocenters. The fourth-order valence-corrected chi connectivity index (χ4v) is 2.57. The van der Waals surface area contributed by atoms with Gasteiger partial charge in [0, 0.05) is 17.1 Å². The highest BCUT2D eigenvalue weighted by molar-refractivity contribution is 7.09. The van der Waals surface area contributed by atoms with Crippen molar-refractivity contribution in [2.24, 2.45) is 5.73 Å². The van der Waals surface area contributed by atoms with E-state index in [-0.39, 0.29) is 11.9 Å². The molecule has 0 saturated carbocycles. The lowest BCUT2D eigenvalue weighted by Gasteiger charge is -2.14. The Balaban J connectivity index is 2.09. The maximum atomic E-state index is 13.4. The van der Waals surface area contributed by atoms with E-state index in [2.05, 4.69) is 4.98 Å². The lowest BCUT2D eigenvalue weighted by atomic mass is 10.0. The molecule has 0 fully saturated rings. The zero-order valence-electron chi connectivity index (χ0n) is 11.7. The Morgan fingerprint density at radius 1 is 1.45 bits per heavy atom. The van der Waals surface area contributed by atoms with Crippen LogP contribution in [0.2, 0.25) is 0 Å². The van der Waals surface area contributed by atoms with E-state index in [0.717, 1.165) is 22.7 Å². The summed E-state index contributed by atoms with van der Waals surface area (Å²) in [6.07, 6.45) is 1.46. The van der Waals surface area contributed by atoms with Gasteiger partial charge in [0.2, 0.25) is 0 Å². The van der Waals surface area contributed by atoms with E-state index in [1.54, 1.807) is 17.4 Å². The molecule has 0 spiro atoms. The maximum absolute atomic E-state index is 13.4. The van der Waals surface area contributed by atoms with Crippen molar-refractivity contribution >= 4 is 11.3 Å². The van der Waals surface area contributed by atoms with Crippen LogP contribution in [-0.4, -0.2) is 11.0 Å². The fourth-order valence-electron chi connectivity index (χ4n) is 1.88. The molecule has 2 aromatic rings. The molecule has 1 heterocycles. The van der Waals surface area contributed by atoms with Crippen LogP contribution < -0.4 is 10.5 Å². The lowest BCUT2D eigenvalue weighted by Crippen LogP contribution is -2.21. The quantitative estimate of drug-likeness (QED) is 0.887. The molecular weight excluding hydrogens is 275 g/mol. The number of thiazole rings is 1. The topological polar surface area (TPSA) is 48.1 Å². The van der Waals surface area contributed by atoms with Crippen molar-refractivity contribution in [1.82, 2.24) is 4.98 Å². The van der Waals surface area contributed by atoms with Gasteiger partial charge in [-0.2, -0.15) is 0 Å². The Morgan fingerprint density at radius 2 is 2.25 bits per heavy atom. The SMILES string of the molecule is CCC(N)Cc1cc(F)ccc1OCc1nc(C)cs1. The summed E-state index contributed by atoms with van der Waals surface area (Å²) < 4.78 is 19.1. The molecule has 0 aliphatic rings. The van der Waals surface area contributed by atoms with Crippen LogP contribution in [0.5, 0.6) is 5.75 Å². The van der Waals surface area contributed by atoms with Crippen LogP contribution in [0.25, 0.3) is 0 Å². The number of hydrogen-bond acceptors (Lipinski definition) is 4. The van der Waals surface area contributed by atoms with Crippen molar-refractivity contribution in [2.45, 2.75) is 39.3 Å². The van der Waals surface area contributed by atoms with Crippen LogP contribution in [-0.2, 0) is 13.0 Å². The number of aryl methyl sites for hydroxylation is 1.